The molecule has 0 aromatic heterocycles. The molecule has 2 aliphatic carbocycles. The van der Waals surface area contributed by atoms with E-state index in [4.69, 9.17) is 11.5 Å². The fraction of sp³-hybridized carbons (Fsp3) is 0.692. The molecule has 28 heavy (non-hydrogen) atoms. The number of nitrogen functional groups attached to an aromatic ring is 2. The smallest absolute Gasteiger partial charge is 0.0446 e. The minimum Gasteiger partial charge on any atom is -0.398 e. The molecule has 0 amide bonds. The molecule has 2 saturated carbocycles. The van der Waals surface area contributed by atoms with Gasteiger partial charge in [-0.1, -0.05) is 64.0 Å². The van der Waals surface area contributed by atoms with Gasteiger partial charge in [0, 0.05) is 22.5 Å². The van der Waals surface area contributed by atoms with Gasteiger partial charge < -0.3 is 11.5 Å². The van der Waals surface area contributed by atoms with Crippen LogP contribution in [-0.2, 0) is 6.42 Å². The zero-order valence-corrected chi connectivity index (χ0v) is 18.7. The van der Waals surface area contributed by atoms with Crippen LogP contribution in [0.3, 0.4) is 0 Å². The second-order valence-electron chi connectivity index (χ2n) is 10.0. The summed E-state index contributed by atoms with van der Waals surface area (Å²) in [4.78, 5) is 0. The van der Waals surface area contributed by atoms with Crippen molar-refractivity contribution >= 4 is 17.5 Å². The largest absolute Gasteiger partial charge is 0.398 e. The maximum absolute atomic E-state index is 6.97. The summed E-state index contributed by atoms with van der Waals surface area (Å²) < 4.78 is 0. The minimum atomic E-state index is 0.546. The van der Waals surface area contributed by atoms with Crippen LogP contribution in [0.15, 0.2) is 5.57 Å². The highest BCUT2D eigenvalue weighted by atomic mass is 14.7. The second-order valence-corrected chi connectivity index (χ2v) is 10.0. The Morgan fingerprint density at radius 3 is 1.79 bits per heavy atom. The van der Waals surface area contributed by atoms with Gasteiger partial charge in [0.05, 0.1) is 0 Å². The summed E-state index contributed by atoms with van der Waals surface area (Å²) >= 11 is 0. The monoisotopic (exact) mass is 382 g/mol. The molecule has 4 N–H and O–H groups in total. The molecule has 2 fully saturated rings. The first-order valence-corrected chi connectivity index (χ1v) is 11.8. The minimum absolute atomic E-state index is 0.546. The van der Waals surface area contributed by atoms with Crippen LogP contribution in [0.4, 0.5) is 11.4 Å². The van der Waals surface area contributed by atoms with Crippen LogP contribution in [0, 0.1) is 5.92 Å². The Morgan fingerprint density at radius 2 is 1.32 bits per heavy atom. The number of benzene rings is 1. The molecule has 0 bridgehead atoms. The molecule has 2 aliphatic rings. The molecule has 0 atom stereocenters. The van der Waals surface area contributed by atoms with E-state index in [9.17, 15) is 0 Å². The zero-order valence-electron chi connectivity index (χ0n) is 18.7. The average molecular weight is 383 g/mol. The van der Waals surface area contributed by atoms with Crippen LogP contribution in [-0.4, -0.2) is 0 Å². The third-order valence-corrected chi connectivity index (χ3v) is 6.88. The first kappa shape index (κ1) is 21.3. The van der Waals surface area contributed by atoms with E-state index in [1.165, 1.54) is 92.0 Å². The molecule has 156 valence electrons. The molecule has 2 heteroatoms. The van der Waals surface area contributed by atoms with Gasteiger partial charge in [0.2, 0.25) is 0 Å². The number of nitrogens with two attached hydrogens (primary N) is 2. The molecule has 3 rings (SSSR count). The summed E-state index contributed by atoms with van der Waals surface area (Å²) in [5.41, 5.74) is 22.8. The van der Waals surface area contributed by atoms with E-state index in [1.54, 1.807) is 0 Å². The highest BCUT2D eigenvalue weighted by Gasteiger charge is 2.30. The van der Waals surface area contributed by atoms with E-state index in [2.05, 4.69) is 33.8 Å². The Morgan fingerprint density at radius 1 is 0.821 bits per heavy atom. The molecule has 0 saturated heterocycles. The molecule has 0 radical (unpaired) electrons. The lowest BCUT2D eigenvalue weighted by atomic mass is 9.73. The standard InChI is InChI=1S/C26H42N2/c1-17(2)15-21-23(19-11-7-5-8-12-19)22(16-18(3)4)26(28)24(25(21)27)20-13-9-6-10-14-20/h15,18-20H,5-14,16,27-28H2,1-4H3. The highest BCUT2D eigenvalue weighted by molar-refractivity contribution is 5.81. The van der Waals surface area contributed by atoms with Crippen LogP contribution < -0.4 is 11.5 Å². The van der Waals surface area contributed by atoms with Crippen LogP contribution in [0.2, 0.25) is 0 Å². The van der Waals surface area contributed by atoms with E-state index >= 15 is 0 Å². The Hall–Kier alpha value is -1.44. The first-order chi connectivity index (χ1) is 13.4. The second kappa shape index (κ2) is 9.37. The quantitative estimate of drug-likeness (QED) is 0.516. The van der Waals surface area contributed by atoms with Crippen molar-refractivity contribution in [3.05, 3.63) is 27.8 Å². The van der Waals surface area contributed by atoms with Gasteiger partial charge in [0.25, 0.3) is 0 Å². The van der Waals surface area contributed by atoms with Crippen LogP contribution >= 0.6 is 0 Å². The van der Waals surface area contributed by atoms with Gasteiger partial charge in [-0.3, -0.25) is 0 Å². The topological polar surface area (TPSA) is 52.0 Å². The summed E-state index contributed by atoms with van der Waals surface area (Å²) in [6, 6.07) is 0. The number of hydrogen-bond acceptors (Lipinski definition) is 2. The summed E-state index contributed by atoms with van der Waals surface area (Å²) in [5, 5.41) is 0. The maximum Gasteiger partial charge on any atom is 0.0446 e. The number of anilines is 2. The summed E-state index contributed by atoms with van der Waals surface area (Å²) in [6.07, 6.45) is 16.5. The third-order valence-electron chi connectivity index (χ3n) is 6.88. The van der Waals surface area contributed by atoms with Gasteiger partial charge in [-0.15, -0.1) is 0 Å². The number of hydrogen-bond donors (Lipinski definition) is 2. The first-order valence-electron chi connectivity index (χ1n) is 11.8. The van der Waals surface area contributed by atoms with Crippen LogP contribution in [0.5, 0.6) is 0 Å². The number of rotatable bonds is 5. The summed E-state index contributed by atoms with van der Waals surface area (Å²) in [5.74, 6) is 1.77. The summed E-state index contributed by atoms with van der Waals surface area (Å²) in [7, 11) is 0. The van der Waals surface area contributed by atoms with Gasteiger partial charge in [-0.25, -0.2) is 0 Å². The van der Waals surface area contributed by atoms with Crippen molar-refractivity contribution in [2.24, 2.45) is 5.92 Å². The maximum atomic E-state index is 6.97. The molecule has 0 unspecified atom stereocenters. The van der Waals surface area contributed by atoms with Crippen molar-refractivity contribution in [2.75, 3.05) is 11.5 Å². The lowest BCUT2D eigenvalue weighted by Gasteiger charge is -2.33. The van der Waals surface area contributed by atoms with Crippen LogP contribution in [0.1, 0.15) is 126 Å². The van der Waals surface area contributed by atoms with Gasteiger partial charge in [-0.05, 0) is 74.8 Å². The Labute approximate surface area is 173 Å². The van der Waals surface area contributed by atoms with Crippen molar-refractivity contribution in [1.82, 2.24) is 0 Å². The lowest BCUT2D eigenvalue weighted by Crippen LogP contribution is -2.19. The molecule has 0 heterocycles. The SMILES string of the molecule is CC(C)=Cc1c(N)c(C2CCCCC2)c(N)c(CC(C)C)c1C1CCCCC1. The normalized spacial score (nSPS) is 19.2. The van der Waals surface area contributed by atoms with Gasteiger partial charge in [-0.2, -0.15) is 0 Å². The molecule has 1 aromatic rings. The fourth-order valence-corrected chi connectivity index (χ4v) is 5.67. The average Bonchev–Trinajstić information content (AvgIpc) is 2.67. The van der Waals surface area contributed by atoms with Gasteiger partial charge >= 0.3 is 0 Å². The molecule has 0 aliphatic heterocycles. The number of allylic oxidation sites excluding steroid dienone is 1. The lowest BCUT2D eigenvalue weighted by molar-refractivity contribution is 0.437. The molecular weight excluding hydrogens is 340 g/mol. The predicted octanol–water partition coefficient (Wildman–Crippen LogP) is 7.57. The molecule has 2 nitrogen and oxygen atoms in total. The van der Waals surface area contributed by atoms with Crippen LogP contribution in [0.25, 0.3) is 6.08 Å². The van der Waals surface area contributed by atoms with Gasteiger partial charge in [0.1, 0.15) is 0 Å². The molecule has 0 spiro atoms. The molecule has 1 aromatic carbocycles. The van der Waals surface area contributed by atoms with E-state index in [0.29, 0.717) is 17.8 Å². The van der Waals surface area contributed by atoms with E-state index in [0.717, 1.165) is 17.8 Å². The molecular formula is C26H42N2. The predicted molar refractivity (Wildman–Crippen MR) is 125 cm³/mol. The summed E-state index contributed by atoms with van der Waals surface area (Å²) in [6.45, 7) is 9.04. The van der Waals surface area contributed by atoms with Gasteiger partial charge in [0.15, 0.2) is 0 Å². The van der Waals surface area contributed by atoms with Crippen molar-refractivity contribution in [3.8, 4) is 0 Å². The fourth-order valence-electron chi connectivity index (χ4n) is 5.67. The van der Waals surface area contributed by atoms with Crippen molar-refractivity contribution < 1.29 is 0 Å². The van der Waals surface area contributed by atoms with E-state index in [-0.39, 0.29) is 0 Å². The van der Waals surface area contributed by atoms with E-state index < -0.39 is 0 Å². The Bertz CT molecular complexity index is 698. The third kappa shape index (κ3) is 4.58. The Balaban J connectivity index is 2.24. The zero-order chi connectivity index (χ0) is 20.3. The van der Waals surface area contributed by atoms with Crippen molar-refractivity contribution in [3.63, 3.8) is 0 Å². The van der Waals surface area contributed by atoms with E-state index in [1.807, 2.05) is 0 Å². The van der Waals surface area contributed by atoms with Crippen molar-refractivity contribution in [1.29, 1.82) is 0 Å². The van der Waals surface area contributed by atoms with Crippen molar-refractivity contribution in [2.45, 2.75) is 110 Å². The highest BCUT2D eigenvalue weighted by Crippen LogP contribution is 2.48. The Kier molecular flexibility index (Phi) is 7.12.